The fourth-order valence-corrected chi connectivity index (χ4v) is 5.50. The van der Waals surface area contributed by atoms with Crippen molar-refractivity contribution in [1.82, 2.24) is 25.3 Å². The number of sulfonamides is 1. The number of carbonyl (C=O) groups is 2. The lowest BCUT2D eigenvalue weighted by molar-refractivity contribution is -0.124. The number of imidazole rings is 1. The van der Waals surface area contributed by atoms with Gasteiger partial charge in [-0.05, 0) is 65.5 Å². The molecule has 1 saturated carbocycles. The summed E-state index contributed by atoms with van der Waals surface area (Å²) in [6, 6.07) is 9.10. The van der Waals surface area contributed by atoms with E-state index in [4.69, 9.17) is 11.6 Å². The van der Waals surface area contributed by atoms with E-state index in [0.29, 0.717) is 46.4 Å². The first-order valence-electron chi connectivity index (χ1n) is 11.5. The maximum Gasteiger partial charge on any atom is 0.407 e. The number of aromatic nitrogens is 2. The number of ether oxygens (including phenoxy) is 1. The highest BCUT2D eigenvalue weighted by Crippen LogP contribution is 2.35. The van der Waals surface area contributed by atoms with E-state index in [9.17, 15) is 22.4 Å². The Morgan fingerprint density at radius 1 is 1.18 bits per heavy atom. The summed E-state index contributed by atoms with van der Waals surface area (Å²) >= 11 is 9.31. The van der Waals surface area contributed by atoms with Crippen LogP contribution in [-0.4, -0.2) is 56.1 Å². The third kappa shape index (κ3) is 6.34. The van der Waals surface area contributed by atoms with Gasteiger partial charge in [-0.15, -0.1) is 0 Å². The summed E-state index contributed by atoms with van der Waals surface area (Å²) in [5, 5.41) is 5.24. The Labute approximate surface area is 231 Å². The number of halogens is 3. The molecule has 0 aliphatic heterocycles. The topological polar surface area (TPSA) is 142 Å². The number of amides is 2. The van der Waals surface area contributed by atoms with E-state index < -0.39 is 27.5 Å². The molecule has 0 bridgehead atoms. The number of benzene rings is 2. The van der Waals surface area contributed by atoms with E-state index in [2.05, 4.69) is 46.0 Å². The highest BCUT2D eigenvalue weighted by atomic mass is 79.9. The van der Waals surface area contributed by atoms with Crippen LogP contribution in [0.25, 0.3) is 22.6 Å². The number of nitrogens with zero attached hydrogens (tertiary/aromatic N) is 1. The number of rotatable bonds is 10. The Morgan fingerprint density at radius 2 is 1.92 bits per heavy atom. The third-order valence-electron chi connectivity index (χ3n) is 5.93. The molecule has 2 aromatic carbocycles. The molecule has 4 rings (SSSR count). The second kappa shape index (κ2) is 11.4. The van der Waals surface area contributed by atoms with Gasteiger partial charge in [0.15, 0.2) is 0 Å². The number of nitrogens with one attached hydrogen (secondary N) is 4. The van der Waals surface area contributed by atoms with Crippen LogP contribution >= 0.6 is 27.5 Å². The number of carbonyl (C=O) groups excluding carboxylic acids is 2. The van der Waals surface area contributed by atoms with Crippen LogP contribution in [0.3, 0.4) is 0 Å². The average Bonchev–Trinajstić information content (AvgIpc) is 3.50. The van der Waals surface area contributed by atoms with Crippen molar-refractivity contribution in [2.24, 2.45) is 0 Å². The summed E-state index contributed by atoms with van der Waals surface area (Å²) in [5.74, 6) is -0.388. The van der Waals surface area contributed by atoms with Crippen LogP contribution in [-0.2, 0) is 19.6 Å². The molecule has 38 heavy (non-hydrogen) atoms. The molecule has 0 spiro atoms. The Hall–Kier alpha value is -3.00. The van der Waals surface area contributed by atoms with Crippen LogP contribution in [0.1, 0.15) is 19.3 Å². The van der Waals surface area contributed by atoms with Crippen molar-refractivity contribution in [3.05, 3.63) is 57.9 Å². The van der Waals surface area contributed by atoms with Crippen LogP contribution in [0.15, 0.2) is 52.0 Å². The van der Waals surface area contributed by atoms with Crippen molar-refractivity contribution in [2.75, 3.05) is 20.2 Å². The molecule has 1 aliphatic carbocycles. The number of aromatic amines is 1. The van der Waals surface area contributed by atoms with Gasteiger partial charge in [-0.2, -0.15) is 0 Å². The Kier molecular flexibility index (Phi) is 8.40. The van der Waals surface area contributed by atoms with Crippen molar-refractivity contribution in [3.63, 3.8) is 0 Å². The van der Waals surface area contributed by atoms with Crippen LogP contribution in [0.5, 0.6) is 0 Å². The van der Waals surface area contributed by atoms with Crippen LogP contribution in [0, 0.1) is 5.82 Å². The van der Waals surface area contributed by atoms with E-state index in [-0.39, 0.29) is 28.9 Å². The quantitative estimate of drug-likeness (QED) is 0.250. The van der Waals surface area contributed by atoms with Crippen molar-refractivity contribution in [1.29, 1.82) is 0 Å². The van der Waals surface area contributed by atoms with E-state index in [1.165, 1.54) is 25.3 Å². The molecule has 1 heterocycles. The van der Waals surface area contributed by atoms with Gasteiger partial charge in [-0.3, -0.25) is 4.79 Å². The summed E-state index contributed by atoms with van der Waals surface area (Å²) in [7, 11) is -2.76. The first-order chi connectivity index (χ1) is 18.0. The summed E-state index contributed by atoms with van der Waals surface area (Å²) in [6.45, 7) is 0.242. The SMILES string of the molecule is COC(=O)NC1(C(=O)NCCCNS(=O)(=O)c2cc(-c3nc(-c4ccc(Br)c(F)c4)c[nH]3)ccc2Cl)CC1. The van der Waals surface area contributed by atoms with Gasteiger partial charge in [0.25, 0.3) is 0 Å². The molecule has 0 radical (unpaired) electrons. The fraction of sp³-hybridized carbons (Fsp3) is 0.292. The predicted octanol–water partition coefficient (Wildman–Crippen LogP) is 3.97. The average molecular weight is 629 g/mol. The normalized spacial score (nSPS) is 14.1. The Morgan fingerprint density at radius 3 is 2.61 bits per heavy atom. The molecular weight excluding hydrogens is 605 g/mol. The minimum atomic E-state index is -3.98. The van der Waals surface area contributed by atoms with Crippen LogP contribution in [0.2, 0.25) is 5.02 Å². The van der Waals surface area contributed by atoms with Gasteiger partial charge >= 0.3 is 6.09 Å². The van der Waals surface area contributed by atoms with Gasteiger partial charge in [0.05, 0.1) is 22.3 Å². The standard InChI is InChI=1S/C24H24BrClFN5O5S/c1-37-23(34)32-24(7-8-24)22(33)28-9-2-10-30-38(35,36)20-12-15(4-6-17(20)26)21-29-13-19(31-21)14-3-5-16(25)18(27)11-14/h3-6,11-13,30H,2,7-10H2,1H3,(H,28,33)(H,29,31)(H,32,34). The first-order valence-corrected chi connectivity index (χ1v) is 14.1. The van der Waals surface area contributed by atoms with Crippen molar-refractivity contribution < 1.29 is 27.1 Å². The van der Waals surface area contributed by atoms with Crippen LogP contribution in [0.4, 0.5) is 9.18 Å². The molecule has 0 atom stereocenters. The lowest BCUT2D eigenvalue weighted by atomic mass is 10.2. The number of alkyl carbamates (subject to hydrolysis) is 1. The second-order valence-electron chi connectivity index (χ2n) is 8.61. The zero-order valence-electron chi connectivity index (χ0n) is 20.1. The zero-order chi connectivity index (χ0) is 27.5. The predicted molar refractivity (Wildman–Crippen MR) is 142 cm³/mol. The molecule has 1 fully saturated rings. The maximum atomic E-state index is 13.9. The number of hydrogen-bond acceptors (Lipinski definition) is 6. The summed E-state index contributed by atoms with van der Waals surface area (Å²) in [6.07, 6.45) is 2.23. The molecule has 1 aliphatic rings. The maximum absolute atomic E-state index is 13.9. The van der Waals surface area contributed by atoms with Gasteiger partial charge in [0.1, 0.15) is 22.1 Å². The van der Waals surface area contributed by atoms with Gasteiger partial charge in [0, 0.05) is 30.4 Å². The fourth-order valence-electron chi connectivity index (χ4n) is 3.65. The highest BCUT2D eigenvalue weighted by Gasteiger charge is 2.51. The van der Waals surface area contributed by atoms with E-state index in [0.717, 1.165) is 0 Å². The van der Waals surface area contributed by atoms with E-state index in [1.54, 1.807) is 24.4 Å². The lowest BCUT2D eigenvalue weighted by Crippen LogP contribution is -2.49. The summed E-state index contributed by atoms with van der Waals surface area (Å²) in [4.78, 5) is 31.0. The highest BCUT2D eigenvalue weighted by molar-refractivity contribution is 9.10. The molecular formula is C24H24BrClFN5O5S. The van der Waals surface area contributed by atoms with Crippen molar-refractivity contribution in [3.8, 4) is 22.6 Å². The Balaban J connectivity index is 1.36. The van der Waals surface area contributed by atoms with Gasteiger partial charge < -0.3 is 20.4 Å². The van der Waals surface area contributed by atoms with Gasteiger partial charge in [-0.25, -0.2) is 27.3 Å². The number of H-pyrrole nitrogens is 1. The largest absolute Gasteiger partial charge is 0.453 e. The molecule has 1 aromatic heterocycles. The minimum absolute atomic E-state index is 0.0286. The number of hydrogen-bond donors (Lipinski definition) is 4. The molecule has 3 aromatic rings. The molecule has 4 N–H and O–H groups in total. The Bertz CT molecular complexity index is 1480. The zero-order valence-corrected chi connectivity index (χ0v) is 23.3. The molecule has 2 amide bonds. The van der Waals surface area contributed by atoms with Crippen molar-refractivity contribution in [2.45, 2.75) is 29.7 Å². The molecule has 202 valence electrons. The minimum Gasteiger partial charge on any atom is -0.453 e. The van der Waals surface area contributed by atoms with Crippen LogP contribution < -0.4 is 15.4 Å². The van der Waals surface area contributed by atoms with E-state index >= 15 is 0 Å². The molecule has 10 nitrogen and oxygen atoms in total. The first kappa shape index (κ1) is 28.0. The van der Waals surface area contributed by atoms with Crippen molar-refractivity contribution >= 4 is 49.6 Å². The number of methoxy groups -OCH3 is 1. The summed E-state index contributed by atoms with van der Waals surface area (Å²) < 4.78 is 47.1. The molecule has 14 heteroatoms. The molecule has 0 unspecified atom stereocenters. The van der Waals surface area contributed by atoms with Gasteiger partial charge in [0.2, 0.25) is 15.9 Å². The summed E-state index contributed by atoms with van der Waals surface area (Å²) in [5.41, 5.74) is 0.550. The third-order valence-corrected chi connectivity index (χ3v) is 8.52. The smallest absolute Gasteiger partial charge is 0.407 e. The molecule has 0 saturated heterocycles. The lowest BCUT2D eigenvalue weighted by Gasteiger charge is -2.16. The van der Waals surface area contributed by atoms with E-state index in [1.807, 2.05) is 0 Å². The second-order valence-corrected chi connectivity index (χ2v) is 11.6. The monoisotopic (exact) mass is 627 g/mol. The van der Waals surface area contributed by atoms with Gasteiger partial charge in [-0.1, -0.05) is 17.7 Å².